The van der Waals surface area contributed by atoms with Crippen LogP contribution in [0.5, 0.6) is 0 Å². The molecule has 4 rings (SSSR count). The van der Waals surface area contributed by atoms with Crippen molar-refractivity contribution in [3.05, 3.63) is 114 Å². The number of anilines is 1. The summed E-state index contributed by atoms with van der Waals surface area (Å²) in [5.74, 6) is -0.0990. The molecule has 1 atom stereocenters. The SMILES string of the molecule is CC[C@H](NC(=O)/C(C(=N)c1ccccc1)=C(/Nc1ccccc1)OCCN1CCOCC1)c1ccccc1. The van der Waals surface area contributed by atoms with E-state index in [1.807, 2.05) is 97.9 Å². The first-order valence-corrected chi connectivity index (χ1v) is 13.1. The molecule has 198 valence electrons. The van der Waals surface area contributed by atoms with Crippen LogP contribution in [0.1, 0.15) is 30.5 Å². The normalized spacial score (nSPS) is 15.2. The van der Waals surface area contributed by atoms with Crippen molar-refractivity contribution in [1.29, 1.82) is 5.41 Å². The molecule has 3 aromatic carbocycles. The standard InChI is InChI=1S/C31H36N4O3/c1-2-27(24-12-6-3-7-13-24)34-30(36)28(29(32)25-14-8-4-9-15-25)31(33-26-16-10-5-11-17-26)38-23-20-35-18-21-37-22-19-35/h3-17,27,32-33H,2,18-23H2,1H3,(H,34,36)/b31-28-,32-29?/t27-/m0/s1. The Morgan fingerprint density at radius 3 is 2.18 bits per heavy atom. The topological polar surface area (TPSA) is 86.7 Å². The molecule has 1 aliphatic heterocycles. The molecule has 1 saturated heterocycles. The van der Waals surface area contributed by atoms with Gasteiger partial charge in [-0.2, -0.15) is 0 Å². The molecule has 1 aliphatic rings. The minimum absolute atomic E-state index is 0.0934. The van der Waals surface area contributed by atoms with Gasteiger partial charge in [-0.3, -0.25) is 15.1 Å². The van der Waals surface area contributed by atoms with Crippen LogP contribution >= 0.6 is 0 Å². The third-order valence-corrected chi connectivity index (χ3v) is 6.47. The third-order valence-electron chi connectivity index (χ3n) is 6.47. The molecule has 38 heavy (non-hydrogen) atoms. The molecule has 0 unspecified atom stereocenters. The Bertz CT molecular complexity index is 1190. The summed E-state index contributed by atoms with van der Waals surface area (Å²) in [6.07, 6.45) is 0.709. The molecule has 3 aromatic rings. The molecule has 7 heteroatoms. The Kier molecular flexibility index (Phi) is 10.1. The zero-order valence-corrected chi connectivity index (χ0v) is 21.9. The van der Waals surface area contributed by atoms with Crippen molar-refractivity contribution in [1.82, 2.24) is 10.2 Å². The summed E-state index contributed by atoms with van der Waals surface area (Å²) in [7, 11) is 0. The zero-order chi connectivity index (χ0) is 26.6. The molecule has 0 spiro atoms. The average Bonchev–Trinajstić information content (AvgIpc) is 2.98. The summed E-state index contributed by atoms with van der Waals surface area (Å²) < 4.78 is 11.7. The number of carbonyl (C=O) groups excluding carboxylic acids is 1. The first-order chi connectivity index (χ1) is 18.7. The highest BCUT2D eigenvalue weighted by molar-refractivity contribution is 6.27. The highest BCUT2D eigenvalue weighted by Crippen LogP contribution is 2.21. The minimum atomic E-state index is -0.362. The van der Waals surface area contributed by atoms with Gasteiger partial charge in [-0.05, 0) is 24.1 Å². The number of carbonyl (C=O) groups is 1. The van der Waals surface area contributed by atoms with Crippen LogP contribution in [0.25, 0.3) is 0 Å². The van der Waals surface area contributed by atoms with Crippen molar-refractivity contribution in [2.75, 3.05) is 44.8 Å². The lowest BCUT2D eigenvalue weighted by molar-refractivity contribution is -0.118. The van der Waals surface area contributed by atoms with E-state index in [-0.39, 0.29) is 29.1 Å². The first-order valence-electron chi connectivity index (χ1n) is 13.1. The molecule has 7 nitrogen and oxygen atoms in total. The number of nitrogens with zero attached hydrogens (tertiary/aromatic N) is 1. The summed E-state index contributed by atoms with van der Waals surface area (Å²) >= 11 is 0. The number of para-hydroxylation sites is 1. The Morgan fingerprint density at radius 2 is 1.55 bits per heavy atom. The lowest BCUT2D eigenvalue weighted by Crippen LogP contribution is -2.38. The van der Waals surface area contributed by atoms with Gasteiger partial charge >= 0.3 is 0 Å². The number of ether oxygens (including phenoxy) is 2. The lowest BCUT2D eigenvalue weighted by atomic mass is 10.00. The molecule has 0 radical (unpaired) electrons. The molecule has 3 N–H and O–H groups in total. The summed E-state index contributed by atoms with van der Waals surface area (Å²) in [6, 6.07) is 28.5. The Morgan fingerprint density at radius 1 is 0.947 bits per heavy atom. The predicted octanol–water partition coefficient (Wildman–Crippen LogP) is 4.99. The molecule has 0 saturated carbocycles. The Labute approximate surface area is 225 Å². The van der Waals surface area contributed by atoms with E-state index < -0.39 is 0 Å². The highest BCUT2D eigenvalue weighted by atomic mass is 16.5. The maximum Gasteiger partial charge on any atom is 0.259 e. The number of nitrogens with one attached hydrogen (secondary N) is 3. The van der Waals surface area contributed by atoms with Gasteiger partial charge in [0, 0.05) is 30.9 Å². The molecule has 1 heterocycles. The van der Waals surface area contributed by atoms with E-state index in [1.54, 1.807) is 0 Å². The summed E-state index contributed by atoms with van der Waals surface area (Å²) in [5.41, 5.74) is 2.68. The van der Waals surface area contributed by atoms with E-state index in [9.17, 15) is 4.79 Å². The molecule has 1 fully saturated rings. The van der Waals surface area contributed by atoms with Crippen LogP contribution < -0.4 is 10.6 Å². The van der Waals surface area contributed by atoms with Crippen LogP contribution in [0.4, 0.5) is 5.69 Å². The fraction of sp³-hybridized carbons (Fsp3) is 0.290. The van der Waals surface area contributed by atoms with Crippen LogP contribution in [0.15, 0.2) is 102 Å². The van der Waals surface area contributed by atoms with E-state index in [0.717, 1.165) is 24.3 Å². The number of amides is 1. The van der Waals surface area contributed by atoms with Gasteiger partial charge in [0.2, 0.25) is 5.88 Å². The second-order valence-corrected chi connectivity index (χ2v) is 9.08. The monoisotopic (exact) mass is 512 g/mol. The van der Waals surface area contributed by atoms with Gasteiger partial charge in [-0.15, -0.1) is 0 Å². The van der Waals surface area contributed by atoms with Crippen LogP contribution in [0.2, 0.25) is 0 Å². The van der Waals surface area contributed by atoms with Crippen molar-refractivity contribution in [3.8, 4) is 0 Å². The van der Waals surface area contributed by atoms with Crippen molar-refractivity contribution < 1.29 is 14.3 Å². The molecule has 0 bridgehead atoms. The summed E-state index contributed by atoms with van der Waals surface area (Å²) in [6.45, 7) is 6.19. The average molecular weight is 513 g/mol. The van der Waals surface area contributed by atoms with Crippen LogP contribution in [0.3, 0.4) is 0 Å². The van der Waals surface area contributed by atoms with Gasteiger partial charge in [-0.25, -0.2) is 0 Å². The quantitative estimate of drug-likeness (QED) is 0.181. The van der Waals surface area contributed by atoms with Crippen LogP contribution in [-0.2, 0) is 14.3 Å². The van der Waals surface area contributed by atoms with Gasteiger partial charge in [0.25, 0.3) is 5.91 Å². The summed E-state index contributed by atoms with van der Waals surface area (Å²) in [5, 5.41) is 15.5. The third kappa shape index (κ3) is 7.54. The minimum Gasteiger partial charge on any atom is -0.477 e. The van der Waals surface area contributed by atoms with Crippen molar-refractivity contribution >= 4 is 17.3 Å². The largest absolute Gasteiger partial charge is 0.477 e. The number of hydrogen-bond donors (Lipinski definition) is 3. The molecule has 1 amide bonds. The zero-order valence-electron chi connectivity index (χ0n) is 21.9. The smallest absolute Gasteiger partial charge is 0.259 e. The van der Waals surface area contributed by atoms with Gasteiger partial charge in [0.05, 0.1) is 25.0 Å². The molecular weight excluding hydrogens is 476 g/mol. The van der Waals surface area contributed by atoms with Crippen LogP contribution in [-0.4, -0.2) is 56.0 Å². The predicted molar refractivity (Wildman–Crippen MR) is 151 cm³/mol. The van der Waals surface area contributed by atoms with E-state index >= 15 is 0 Å². The number of benzene rings is 3. The van der Waals surface area contributed by atoms with E-state index in [2.05, 4.69) is 15.5 Å². The molecule has 0 aliphatic carbocycles. The maximum atomic E-state index is 13.9. The molecular formula is C31H36N4O3. The van der Waals surface area contributed by atoms with Gasteiger partial charge in [-0.1, -0.05) is 85.8 Å². The maximum absolute atomic E-state index is 13.9. The summed E-state index contributed by atoms with van der Waals surface area (Å²) in [4.78, 5) is 16.2. The number of hydrogen-bond acceptors (Lipinski definition) is 6. The van der Waals surface area contributed by atoms with E-state index in [4.69, 9.17) is 14.9 Å². The second kappa shape index (κ2) is 14.1. The van der Waals surface area contributed by atoms with Crippen molar-refractivity contribution in [2.45, 2.75) is 19.4 Å². The fourth-order valence-corrected chi connectivity index (χ4v) is 4.34. The lowest BCUT2D eigenvalue weighted by Gasteiger charge is -2.27. The highest BCUT2D eigenvalue weighted by Gasteiger charge is 2.26. The molecule has 0 aromatic heterocycles. The van der Waals surface area contributed by atoms with Gasteiger partial charge in [0.15, 0.2) is 0 Å². The number of morpholine rings is 1. The Balaban J connectivity index is 1.68. The van der Waals surface area contributed by atoms with Gasteiger partial charge < -0.3 is 20.1 Å². The first kappa shape index (κ1) is 27.1. The van der Waals surface area contributed by atoms with Crippen molar-refractivity contribution in [3.63, 3.8) is 0 Å². The van der Waals surface area contributed by atoms with Crippen molar-refractivity contribution in [2.24, 2.45) is 0 Å². The Hall–Kier alpha value is -3.94. The van der Waals surface area contributed by atoms with Gasteiger partial charge in [0.1, 0.15) is 12.2 Å². The van der Waals surface area contributed by atoms with E-state index in [1.165, 1.54) is 0 Å². The second-order valence-electron chi connectivity index (χ2n) is 9.08. The number of rotatable bonds is 12. The van der Waals surface area contributed by atoms with E-state index in [0.29, 0.717) is 38.3 Å². The fourth-order valence-electron chi connectivity index (χ4n) is 4.34. The van der Waals surface area contributed by atoms with Crippen LogP contribution in [0, 0.1) is 5.41 Å².